The van der Waals surface area contributed by atoms with E-state index in [0.717, 1.165) is 0 Å². The highest BCUT2D eigenvalue weighted by atomic mass is 19.4. The Kier molecular flexibility index (Phi) is 2.95. The molecule has 0 bridgehead atoms. The number of nitrogens with two attached hydrogens (primary N) is 1. The maximum Gasteiger partial charge on any atom is 0.393 e. The van der Waals surface area contributed by atoms with Gasteiger partial charge < -0.3 is 10.6 Å². The molecule has 0 aromatic rings. The Labute approximate surface area is 69.5 Å². The third-order valence-corrected chi connectivity index (χ3v) is 2.18. The summed E-state index contributed by atoms with van der Waals surface area (Å²) in [5, 5.41) is 0. The van der Waals surface area contributed by atoms with Crippen LogP contribution >= 0.6 is 0 Å². The van der Waals surface area contributed by atoms with Gasteiger partial charge in [-0.2, -0.15) is 13.2 Å². The molecule has 1 heterocycles. The van der Waals surface area contributed by atoms with E-state index in [0.29, 0.717) is 19.6 Å². The summed E-state index contributed by atoms with van der Waals surface area (Å²) in [4.78, 5) is 1.76. The summed E-state index contributed by atoms with van der Waals surface area (Å²) >= 11 is 0. The number of alkyl halides is 3. The monoisotopic (exact) mass is 182 g/mol. The van der Waals surface area contributed by atoms with E-state index in [1.807, 2.05) is 0 Å². The van der Waals surface area contributed by atoms with Gasteiger partial charge in [0.15, 0.2) is 0 Å². The molecule has 0 aliphatic carbocycles. The zero-order chi connectivity index (χ0) is 9.19. The van der Waals surface area contributed by atoms with E-state index in [4.69, 9.17) is 5.73 Å². The highest BCUT2D eigenvalue weighted by Crippen LogP contribution is 2.32. The molecule has 0 aromatic carbocycles. The van der Waals surface area contributed by atoms with Crippen molar-refractivity contribution in [1.29, 1.82) is 0 Å². The van der Waals surface area contributed by atoms with Gasteiger partial charge in [0.2, 0.25) is 0 Å². The molecule has 2 N–H and O–H groups in total. The molecule has 72 valence electrons. The van der Waals surface area contributed by atoms with Crippen LogP contribution in [-0.2, 0) is 0 Å². The number of hydrogen-bond donors (Lipinski definition) is 1. The summed E-state index contributed by atoms with van der Waals surface area (Å²) < 4.78 is 36.3. The molecule has 1 aliphatic heterocycles. The van der Waals surface area contributed by atoms with Crippen LogP contribution in [0.5, 0.6) is 0 Å². The summed E-state index contributed by atoms with van der Waals surface area (Å²) in [7, 11) is 0. The molecule has 0 saturated carbocycles. The summed E-state index contributed by atoms with van der Waals surface area (Å²) in [5.74, 6) is -1.14. The third-order valence-electron chi connectivity index (χ3n) is 2.18. The topological polar surface area (TPSA) is 29.3 Å². The maximum absolute atomic E-state index is 12.1. The number of nitrogens with zero attached hydrogens (tertiary/aromatic N) is 1. The molecule has 12 heavy (non-hydrogen) atoms. The lowest BCUT2D eigenvalue weighted by molar-refractivity contribution is -0.170. The normalized spacial score (nSPS) is 26.5. The van der Waals surface area contributed by atoms with Crippen LogP contribution in [-0.4, -0.2) is 37.3 Å². The first-order chi connectivity index (χ1) is 5.54. The minimum atomic E-state index is -4.02. The predicted molar refractivity (Wildman–Crippen MR) is 39.7 cm³/mol. The van der Waals surface area contributed by atoms with Crippen molar-refractivity contribution >= 4 is 0 Å². The predicted octanol–water partition coefficient (Wildman–Crippen LogP) is 0.829. The van der Waals surface area contributed by atoms with Crippen molar-refractivity contribution in [3.8, 4) is 0 Å². The van der Waals surface area contributed by atoms with Crippen LogP contribution in [0.25, 0.3) is 0 Å². The van der Waals surface area contributed by atoms with Gasteiger partial charge in [-0.15, -0.1) is 0 Å². The Hall–Kier alpha value is -0.290. The van der Waals surface area contributed by atoms with Crippen LogP contribution in [0.4, 0.5) is 13.2 Å². The number of likely N-dealkylation sites (tertiary alicyclic amines) is 1. The molecule has 5 heteroatoms. The van der Waals surface area contributed by atoms with Gasteiger partial charge in [-0.05, 0) is 13.0 Å². The van der Waals surface area contributed by atoms with E-state index in [9.17, 15) is 13.2 Å². The number of rotatable bonds is 2. The molecule has 1 saturated heterocycles. The van der Waals surface area contributed by atoms with E-state index in [1.165, 1.54) is 0 Å². The Morgan fingerprint density at radius 2 is 2.08 bits per heavy atom. The van der Waals surface area contributed by atoms with E-state index < -0.39 is 12.1 Å². The Bertz CT molecular complexity index is 146. The fourth-order valence-electron chi connectivity index (χ4n) is 1.49. The van der Waals surface area contributed by atoms with E-state index in [1.54, 1.807) is 4.90 Å². The second-order valence-corrected chi connectivity index (χ2v) is 3.12. The molecule has 1 aliphatic rings. The first-order valence-corrected chi connectivity index (χ1v) is 4.03. The van der Waals surface area contributed by atoms with Gasteiger partial charge in [0.25, 0.3) is 0 Å². The minimum Gasteiger partial charge on any atom is -0.329 e. The van der Waals surface area contributed by atoms with Crippen LogP contribution in [0, 0.1) is 5.92 Å². The molecule has 0 aromatic heterocycles. The molecule has 0 amide bonds. The summed E-state index contributed by atoms with van der Waals surface area (Å²) in [6, 6.07) is 0. The molecule has 2 nitrogen and oxygen atoms in total. The first-order valence-electron chi connectivity index (χ1n) is 4.03. The number of hydrogen-bond acceptors (Lipinski definition) is 2. The highest BCUT2D eigenvalue weighted by Gasteiger charge is 2.43. The quantitative estimate of drug-likeness (QED) is 0.685. The van der Waals surface area contributed by atoms with Gasteiger partial charge in [0.1, 0.15) is 0 Å². The maximum atomic E-state index is 12.1. The average Bonchev–Trinajstić information content (AvgIpc) is 2.35. The van der Waals surface area contributed by atoms with Gasteiger partial charge in [-0.3, -0.25) is 0 Å². The summed E-state index contributed by atoms with van der Waals surface area (Å²) in [5.41, 5.74) is 5.24. The molecular formula is C7H13F3N2. The van der Waals surface area contributed by atoms with Gasteiger partial charge in [-0.1, -0.05) is 0 Å². The molecule has 0 spiro atoms. The SMILES string of the molecule is NCCN1CCC(C(F)(F)F)C1. The summed E-state index contributed by atoms with van der Waals surface area (Å²) in [6.45, 7) is 1.67. The van der Waals surface area contributed by atoms with E-state index in [-0.39, 0.29) is 13.0 Å². The smallest absolute Gasteiger partial charge is 0.329 e. The van der Waals surface area contributed by atoms with Crippen molar-refractivity contribution in [2.24, 2.45) is 11.7 Å². The van der Waals surface area contributed by atoms with Crippen molar-refractivity contribution in [1.82, 2.24) is 4.90 Å². The standard InChI is InChI=1S/C7H13F3N2/c8-7(9,10)6-1-3-12(5-6)4-2-11/h6H,1-5,11H2. The minimum absolute atomic E-state index is 0.126. The zero-order valence-electron chi connectivity index (χ0n) is 6.77. The van der Waals surface area contributed by atoms with E-state index in [2.05, 4.69) is 0 Å². The zero-order valence-corrected chi connectivity index (χ0v) is 6.77. The van der Waals surface area contributed by atoms with Gasteiger partial charge in [0.05, 0.1) is 5.92 Å². The fraction of sp³-hybridized carbons (Fsp3) is 1.00. The second kappa shape index (κ2) is 3.62. The Morgan fingerprint density at radius 3 is 2.50 bits per heavy atom. The Morgan fingerprint density at radius 1 is 1.42 bits per heavy atom. The lowest BCUT2D eigenvalue weighted by Crippen LogP contribution is -2.30. The molecular weight excluding hydrogens is 169 g/mol. The van der Waals surface area contributed by atoms with Crippen molar-refractivity contribution in [2.75, 3.05) is 26.2 Å². The lowest BCUT2D eigenvalue weighted by Gasteiger charge is -2.16. The molecule has 1 atom stereocenters. The van der Waals surface area contributed by atoms with Crippen molar-refractivity contribution in [3.63, 3.8) is 0 Å². The van der Waals surface area contributed by atoms with Crippen molar-refractivity contribution < 1.29 is 13.2 Å². The van der Waals surface area contributed by atoms with Crippen LogP contribution in [0.3, 0.4) is 0 Å². The molecule has 0 radical (unpaired) electrons. The largest absolute Gasteiger partial charge is 0.393 e. The third kappa shape index (κ3) is 2.35. The van der Waals surface area contributed by atoms with Crippen molar-refractivity contribution in [2.45, 2.75) is 12.6 Å². The number of halogens is 3. The van der Waals surface area contributed by atoms with Crippen LogP contribution in [0.1, 0.15) is 6.42 Å². The van der Waals surface area contributed by atoms with Crippen molar-refractivity contribution in [3.05, 3.63) is 0 Å². The first kappa shape index (κ1) is 9.80. The van der Waals surface area contributed by atoms with E-state index >= 15 is 0 Å². The average molecular weight is 182 g/mol. The fourth-order valence-corrected chi connectivity index (χ4v) is 1.49. The van der Waals surface area contributed by atoms with Gasteiger partial charge >= 0.3 is 6.18 Å². The van der Waals surface area contributed by atoms with Crippen LogP contribution < -0.4 is 5.73 Å². The lowest BCUT2D eigenvalue weighted by atomic mass is 10.1. The van der Waals surface area contributed by atoms with Crippen LogP contribution in [0.2, 0.25) is 0 Å². The van der Waals surface area contributed by atoms with Gasteiger partial charge in [0, 0.05) is 19.6 Å². The highest BCUT2D eigenvalue weighted by molar-refractivity contribution is 4.80. The molecule has 1 rings (SSSR count). The molecule has 1 fully saturated rings. The molecule has 1 unspecified atom stereocenters. The summed E-state index contributed by atoms with van der Waals surface area (Å²) in [6.07, 6.45) is -3.80. The van der Waals surface area contributed by atoms with Crippen LogP contribution in [0.15, 0.2) is 0 Å². The Balaban J connectivity index is 2.35. The second-order valence-electron chi connectivity index (χ2n) is 3.12. The van der Waals surface area contributed by atoms with Gasteiger partial charge in [-0.25, -0.2) is 0 Å².